The zero-order valence-electron chi connectivity index (χ0n) is 12.9. The number of hydrogen-bond donors (Lipinski definition) is 3. The summed E-state index contributed by atoms with van der Waals surface area (Å²) in [6, 6.07) is 6.78. The number of benzene rings is 1. The quantitative estimate of drug-likeness (QED) is 0.616. The molecule has 0 aromatic heterocycles. The van der Waals surface area contributed by atoms with E-state index in [4.69, 9.17) is 15.2 Å². The molecule has 0 aliphatic heterocycles. The molecule has 0 spiro atoms. The van der Waals surface area contributed by atoms with Gasteiger partial charge in [-0.15, -0.1) is 0 Å². The van der Waals surface area contributed by atoms with Crippen molar-refractivity contribution in [2.24, 2.45) is 5.73 Å². The van der Waals surface area contributed by atoms with Crippen LogP contribution in [-0.2, 0) is 14.3 Å². The van der Waals surface area contributed by atoms with E-state index in [1.54, 1.807) is 24.3 Å². The number of ether oxygens (including phenoxy) is 2. The Morgan fingerprint density at radius 1 is 1.23 bits per heavy atom. The van der Waals surface area contributed by atoms with Gasteiger partial charge in [-0.2, -0.15) is 0 Å². The van der Waals surface area contributed by atoms with Crippen LogP contribution in [0.3, 0.4) is 0 Å². The van der Waals surface area contributed by atoms with E-state index in [9.17, 15) is 9.59 Å². The van der Waals surface area contributed by atoms with Gasteiger partial charge in [0.15, 0.2) is 6.61 Å². The van der Waals surface area contributed by atoms with E-state index in [-0.39, 0.29) is 37.5 Å². The standard InChI is InChI=1S/C15H23N3O4/c1-3-17-15(20)10-22-12-6-4-11(5-7-12)18-14(19)8-13(9-16)21-2/h4-7,13H,3,8-10,16H2,1-2H3,(H,17,20)(H,18,19). The van der Waals surface area contributed by atoms with Crippen LogP contribution in [0, 0.1) is 0 Å². The number of methoxy groups -OCH3 is 1. The minimum Gasteiger partial charge on any atom is -0.484 e. The Balaban J connectivity index is 2.44. The summed E-state index contributed by atoms with van der Waals surface area (Å²) in [5.41, 5.74) is 6.11. The zero-order chi connectivity index (χ0) is 16.4. The lowest BCUT2D eigenvalue weighted by Crippen LogP contribution is -2.28. The molecule has 7 heteroatoms. The Hall–Kier alpha value is -2.12. The molecule has 22 heavy (non-hydrogen) atoms. The normalized spacial score (nSPS) is 11.6. The van der Waals surface area contributed by atoms with Crippen LogP contribution < -0.4 is 21.1 Å². The largest absolute Gasteiger partial charge is 0.484 e. The Morgan fingerprint density at radius 2 is 1.91 bits per heavy atom. The Kier molecular flexibility index (Phi) is 7.95. The van der Waals surface area contributed by atoms with Gasteiger partial charge in [-0.05, 0) is 31.2 Å². The van der Waals surface area contributed by atoms with Gasteiger partial charge in [0.1, 0.15) is 5.75 Å². The highest BCUT2D eigenvalue weighted by Crippen LogP contribution is 2.16. The molecule has 1 rings (SSSR count). The minimum atomic E-state index is -0.292. The average molecular weight is 309 g/mol. The average Bonchev–Trinajstić information content (AvgIpc) is 2.52. The number of nitrogens with two attached hydrogens (primary N) is 1. The molecule has 2 amide bonds. The fraction of sp³-hybridized carbons (Fsp3) is 0.467. The van der Waals surface area contributed by atoms with Gasteiger partial charge in [0, 0.05) is 25.9 Å². The number of carbonyl (C=O) groups is 2. The Labute approximate surface area is 130 Å². The second-order valence-corrected chi connectivity index (χ2v) is 4.61. The first-order valence-electron chi connectivity index (χ1n) is 7.11. The van der Waals surface area contributed by atoms with Gasteiger partial charge in [-0.25, -0.2) is 0 Å². The highest BCUT2D eigenvalue weighted by molar-refractivity contribution is 5.91. The summed E-state index contributed by atoms with van der Waals surface area (Å²) in [7, 11) is 1.52. The van der Waals surface area contributed by atoms with Gasteiger partial charge in [0.05, 0.1) is 12.5 Å². The molecule has 0 bridgehead atoms. The highest BCUT2D eigenvalue weighted by atomic mass is 16.5. The summed E-state index contributed by atoms with van der Waals surface area (Å²) in [6.45, 7) is 2.66. The van der Waals surface area contributed by atoms with Crippen molar-refractivity contribution in [2.75, 3.05) is 32.1 Å². The third kappa shape index (κ3) is 6.55. The number of carbonyl (C=O) groups excluding carboxylic acids is 2. The number of amides is 2. The van der Waals surface area contributed by atoms with Gasteiger partial charge >= 0.3 is 0 Å². The minimum absolute atomic E-state index is 0.0361. The number of hydrogen-bond acceptors (Lipinski definition) is 5. The van der Waals surface area contributed by atoms with Crippen molar-refractivity contribution >= 4 is 17.5 Å². The van der Waals surface area contributed by atoms with Crippen molar-refractivity contribution in [1.82, 2.24) is 5.32 Å². The van der Waals surface area contributed by atoms with Gasteiger partial charge in [-0.1, -0.05) is 0 Å². The number of anilines is 1. The lowest BCUT2D eigenvalue weighted by atomic mass is 10.2. The number of likely N-dealkylation sites (N-methyl/N-ethyl adjacent to an activating group) is 1. The fourth-order valence-corrected chi connectivity index (χ4v) is 1.71. The van der Waals surface area contributed by atoms with Crippen LogP contribution in [0.4, 0.5) is 5.69 Å². The maximum absolute atomic E-state index is 11.8. The molecule has 1 atom stereocenters. The van der Waals surface area contributed by atoms with E-state index in [0.29, 0.717) is 18.0 Å². The van der Waals surface area contributed by atoms with Crippen molar-refractivity contribution in [3.05, 3.63) is 24.3 Å². The van der Waals surface area contributed by atoms with Crippen LogP contribution in [0.5, 0.6) is 5.75 Å². The topological polar surface area (TPSA) is 103 Å². The van der Waals surface area contributed by atoms with E-state index < -0.39 is 0 Å². The van der Waals surface area contributed by atoms with Crippen molar-refractivity contribution in [3.8, 4) is 5.75 Å². The number of nitrogens with one attached hydrogen (secondary N) is 2. The van der Waals surface area contributed by atoms with Crippen LogP contribution in [0.1, 0.15) is 13.3 Å². The molecule has 7 nitrogen and oxygen atoms in total. The molecule has 4 N–H and O–H groups in total. The molecule has 0 radical (unpaired) electrons. The van der Waals surface area contributed by atoms with E-state index >= 15 is 0 Å². The Morgan fingerprint density at radius 3 is 2.45 bits per heavy atom. The van der Waals surface area contributed by atoms with Crippen molar-refractivity contribution in [3.63, 3.8) is 0 Å². The van der Waals surface area contributed by atoms with E-state index in [1.165, 1.54) is 7.11 Å². The molecule has 0 saturated heterocycles. The molecular weight excluding hydrogens is 286 g/mol. The van der Waals surface area contributed by atoms with Gasteiger partial charge in [-0.3, -0.25) is 9.59 Å². The van der Waals surface area contributed by atoms with Crippen LogP contribution in [0.15, 0.2) is 24.3 Å². The highest BCUT2D eigenvalue weighted by Gasteiger charge is 2.11. The first-order valence-corrected chi connectivity index (χ1v) is 7.11. The molecule has 1 aromatic rings. The molecule has 122 valence electrons. The predicted molar refractivity (Wildman–Crippen MR) is 83.7 cm³/mol. The third-order valence-corrected chi connectivity index (χ3v) is 2.89. The van der Waals surface area contributed by atoms with Crippen molar-refractivity contribution in [1.29, 1.82) is 0 Å². The van der Waals surface area contributed by atoms with E-state index in [2.05, 4.69) is 10.6 Å². The lowest BCUT2D eigenvalue weighted by Gasteiger charge is -2.13. The van der Waals surface area contributed by atoms with E-state index in [1.807, 2.05) is 6.92 Å². The van der Waals surface area contributed by atoms with E-state index in [0.717, 1.165) is 0 Å². The smallest absolute Gasteiger partial charge is 0.257 e. The maximum Gasteiger partial charge on any atom is 0.257 e. The molecule has 0 fully saturated rings. The van der Waals surface area contributed by atoms with Crippen molar-refractivity contribution in [2.45, 2.75) is 19.4 Å². The summed E-state index contributed by atoms with van der Waals surface area (Å²) in [5.74, 6) is 0.210. The number of rotatable bonds is 9. The van der Waals surface area contributed by atoms with Gasteiger partial charge in [0.2, 0.25) is 5.91 Å². The molecule has 0 aliphatic carbocycles. The first kappa shape index (κ1) is 17.9. The van der Waals surface area contributed by atoms with Gasteiger partial charge in [0.25, 0.3) is 5.91 Å². The van der Waals surface area contributed by atoms with Crippen molar-refractivity contribution < 1.29 is 19.1 Å². The summed E-state index contributed by atoms with van der Waals surface area (Å²) >= 11 is 0. The monoisotopic (exact) mass is 309 g/mol. The molecule has 1 aromatic carbocycles. The molecule has 0 aliphatic rings. The summed E-state index contributed by atoms with van der Waals surface area (Å²) in [6.07, 6.45) is -0.0951. The van der Waals surface area contributed by atoms with Gasteiger partial charge < -0.3 is 25.8 Å². The second kappa shape index (κ2) is 9.75. The molecule has 1 unspecified atom stereocenters. The molecule has 0 saturated carbocycles. The first-order chi connectivity index (χ1) is 10.6. The lowest BCUT2D eigenvalue weighted by molar-refractivity contribution is -0.123. The third-order valence-electron chi connectivity index (χ3n) is 2.89. The molecular formula is C15H23N3O4. The summed E-state index contributed by atoms with van der Waals surface area (Å²) in [5, 5.41) is 5.38. The second-order valence-electron chi connectivity index (χ2n) is 4.61. The SMILES string of the molecule is CCNC(=O)COc1ccc(NC(=O)CC(CN)OC)cc1. The summed E-state index contributed by atoms with van der Waals surface area (Å²) in [4.78, 5) is 23.1. The maximum atomic E-state index is 11.8. The van der Waals surface area contributed by atoms with Crippen LogP contribution in [-0.4, -0.2) is 44.7 Å². The fourth-order valence-electron chi connectivity index (χ4n) is 1.71. The van der Waals surface area contributed by atoms with Crippen LogP contribution >= 0.6 is 0 Å². The Bertz CT molecular complexity index is 472. The van der Waals surface area contributed by atoms with Crippen LogP contribution in [0.25, 0.3) is 0 Å². The zero-order valence-corrected chi connectivity index (χ0v) is 12.9. The molecule has 0 heterocycles. The predicted octanol–water partition coefficient (Wildman–Crippen LogP) is 0.504. The summed E-state index contributed by atoms with van der Waals surface area (Å²) < 4.78 is 10.4. The van der Waals surface area contributed by atoms with Crippen LogP contribution in [0.2, 0.25) is 0 Å².